The Morgan fingerprint density at radius 3 is 2.40 bits per heavy atom. The number of allylic oxidation sites excluding steroid dienone is 1. The Morgan fingerprint density at radius 2 is 1.84 bits per heavy atom. The van der Waals surface area contributed by atoms with Gasteiger partial charge in [-0.2, -0.15) is 0 Å². The lowest BCUT2D eigenvalue weighted by Crippen LogP contribution is -2.52. The predicted octanol–water partition coefficient (Wildman–Crippen LogP) is 3.80. The van der Waals surface area contributed by atoms with E-state index in [4.69, 9.17) is 0 Å². The number of aliphatic hydroxyl groups excluding tert-OH is 1. The first-order valence-electron chi connectivity index (χ1n) is 10.1. The van der Waals surface area contributed by atoms with E-state index in [1.54, 1.807) is 0 Å². The van der Waals surface area contributed by atoms with Gasteiger partial charge in [-0.15, -0.1) is 6.58 Å². The third-order valence-corrected chi connectivity index (χ3v) is 6.78. The van der Waals surface area contributed by atoms with Crippen LogP contribution in [0.3, 0.4) is 0 Å². The van der Waals surface area contributed by atoms with E-state index in [-0.39, 0.29) is 24.4 Å². The summed E-state index contributed by atoms with van der Waals surface area (Å²) in [5.74, 6) is 0.864. The number of alkyl halides is 1. The van der Waals surface area contributed by atoms with Crippen LogP contribution < -0.4 is 0 Å². The van der Waals surface area contributed by atoms with Gasteiger partial charge in [0.1, 0.15) is 6.17 Å². The molecule has 0 radical (unpaired) electrons. The molecule has 0 saturated heterocycles. The van der Waals surface area contributed by atoms with E-state index in [0.717, 1.165) is 51.5 Å². The maximum Gasteiger partial charge on any atom is 0.100 e. The lowest BCUT2D eigenvalue weighted by atomic mass is 9.60. The minimum Gasteiger partial charge on any atom is -0.396 e. The first-order chi connectivity index (χ1) is 11.9. The molecule has 4 unspecified atom stereocenters. The highest BCUT2D eigenvalue weighted by Crippen LogP contribution is 2.48. The van der Waals surface area contributed by atoms with Crippen LogP contribution in [0.5, 0.6) is 0 Å². The molecule has 0 aliphatic heterocycles. The molecule has 0 aromatic heterocycles. The summed E-state index contributed by atoms with van der Waals surface area (Å²) < 4.78 is 13.6. The summed E-state index contributed by atoms with van der Waals surface area (Å²) in [6, 6.07) is 0. The largest absolute Gasteiger partial charge is 0.396 e. The number of aliphatic hydroxyl groups is 2. The summed E-state index contributed by atoms with van der Waals surface area (Å²) >= 11 is 0. The molecular formula is C21H38FNO2. The van der Waals surface area contributed by atoms with E-state index in [0.29, 0.717) is 18.8 Å². The van der Waals surface area contributed by atoms with Crippen molar-refractivity contribution in [1.29, 1.82) is 0 Å². The lowest BCUT2D eigenvalue weighted by Gasteiger charge is -2.50. The first-order valence-corrected chi connectivity index (χ1v) is 10.1. The van der Waals surface area contributed by atoms with Crippen molar-refractivity contribution in [3.8, 4) is 0 Å². The molecule has 0 aromatic rings. The molecule has 2 rings (SSSR count). The van der Waals surface area contributed by atoms with Gasteiger partial charge in [-0.3, -0.25) is 0 Å². The van der Waals surface area contributed by atoms with Crippen LogP contribution in [0.1, 0.15) is 57.8 Å². The van der Waals surface area contributed by atoms with Crippen LogP contribution in [0.4, 0.5) is 4.39 Å². The van der Waals surface area contributed by atoms with Crippen LogP contribution in [-0.2, 0) is 0 Å². The zero-order valence-electron chi connectivity index (χ0n) is 16.2. The van der Waals surface area contributed by atoms with Crippen LogP contribution >= 0.6 is 0 Å². The Kier molecular flexibility index (Phi) is 7.91. The van der Waals surface area contributed by atoms with Gasteiger partial charge in [-0.1, -0.05) is 6.08 Å². The highest BCUT2D eigenvalue weighted by atomic mass is 19.1. The topological polar surface area (TPSA) is 43.7 Å². The number of rotatable bonds is 8. The quantitative estimate of drug-likeness (QED) is 0.651. The van der Waals surface area contributed by atoms with Crippen molar-refractivity contribution in [1.82, 2.24) is 4.90 Å². The Morgan fingerprint density at radius 1 is 1.16 bits per heavy atom. The minimum atomic E-state index is -0.768. The molecular weight excluding hydrogens is 317 g/mol. The molecule has 2 N–H and O–H groups in total. The van der Waals surface area contributed by atoms with Crippen molar-refractivity contribution in [2.75, 3.05) is 27.2 Å². The van der Waals surface area contributed by atoms with E-state index < -0.39 is 11.8 Å². The van der Waals surface area contributed by atoms with Gasteiger partial charge >= 0.3 is 0 Å². The molecule has 4 heteroatoms. The molecule has 146 valence electrons. The van der Waals surface area contributed by atoms with Crippen molar-refractivity contribution in [3.63, 3.8) is 0 Å². The standard InChI is InChI=1S/C21H38FNO2/c1-4-16-6-11-20(17(14-16)15-24)21(25,12-5-13-23(2)3)18-7-9-19(22)10-8-18/h4,16-20,24-25H,1,5-15H2,2-3H3. The molecule has 0 heterocycles. The molecule has 2 aliphatic carbocycles. The normalized spacial score (nSPS) is 36.2. The summed E-state index contributed by atoms with van der Waals surface area (Å²) in [6.45, 7) is 5.00. The van der Waals surface area contributed by atoms with Crippen molar-refractivity contribution in [3.05, 3.63) is 12.7 Å². The summed E-state index contributed by atoms with van der Waals surface area (Å²) in [6.07, 6.45) is 8.60. The maximum atomic E-state index is 13.6. The fraction of sp³-hybridized carbons (Fsp3) is 0.905. The van der Waals surface area contributed by atoms with Gasteiger partial charge in [0.2, 0.25) is 0 Å². The van der Waals surface area contributed by atoms with Crippen molar-refractivity contribution in [2.24, 2.45) is 23.7 Å². The van der Waals surface area contributed by atoms with Crippen molar-refractivity contribution in [2.45, 2.75) is 69.6 Å². The molecule has 0 spiro atoms. The molecule has 3 nitrogen and oxygen atoms in total. The Labute approximate surface area is 153 Å². The lowest BCUT2D eigenvalue weighted by molar-refractivity contribution is -0.129. The minimum absolute atomic E-state index is 0.122. The van der Waals surface area contributed by atoms with Gasteiger partial charge in [0.25, 0.3) is 0 Å². The first kappa shape index (κ1) is 20.9. The van der Waals surface area contributed by atoms with Crippen molar-refractivity contribution >= 4 is 0 Å². The molecule has 2 saturated carbocycles. The third-order valence-electron chi connectivity index (χ3n) is 6.78. The zero-order valence-corrected chi connectivity index (χ0v) is 16.2. The zero-order chi connectivity index (χ0) is 18.4. The van der Waals surface area contributed by atoms with E-state index in [1.807, 2.05) is 6.08 Å². The van der Waals surface area contributed by atoms with Gasteiger partial charge in [-0.05, 0) is 102 Å². The molecule has 2 aliphatic rings. The monoisotopic (exact) mass is 355 g/mol. The number of halogens is 1. The summed E-state index contributed by atoms with van der Waals surface area (Å²) in [4.78, 5) is 2.15. The average Bonchev–Trinajstić information content (AvgIpc) is 2.61. The maximum absolute atomic E-state index is 13.6. The van der Waals surface area contributed by atoms with Gasteiger partial charge in [0.05, 0.1) is 5.60 Å². The predicted molar refractivity (Wildman–Crippen MR) is 101 cm³/mol. The van der Waals surface area contributed by atoms with Gasteiger partial charge in [0.15, 0.2) is 0 Å². The molecule has 0 aromatic carbocycles. The van der Waals surface area contributed by atoms with E-state index in [2.05, 4.69) is 25.6 Å². The van der Waals surface area contributed by atoms with Crippen LogP contribution in [0.15, 0.2) is 12.7 Å². The van der Waals surface area contributed by atoms with Gasteiger partial charge in [-0.25, -0.2) is 4.39 Å². The fourth-order valence-corrected chi connectivity index (χ4v) is 5.30. The van der Waals surface area contributed by atoms with Crippen molar-refractivity contribution < 1.29 is 14.6 Å². The van der Waals surface area contributed by atoms with Gasteiger partial charge < -0.3 is 15.1 Å². The smallest absolute Gasteiger partial charge is 0.100 e. The Balaban J connectivity index is 2.15. The van der Waals surface area contributed by atoms with E-state index in [9.17, 15) is 14.6 Å². The van der Waals surface area contributed by atoms with Crippen LogP contribution in [0.25, 0.3) is 0 Å². The van der Waals surface area contributed by atoms with Crippen LogP contribution in [0, 0.1) is 23.7 Å². The molecule has 2 fully saturated rings. The molecule has 0 amide bonds. The van der Waals surface area contributed by atoms with Gasteiger partial charge in [0, 0.05) is 6.61 Å². The molecule has 0 bridgehead atoms. The summed E-state index contributed by atoms with van der Waals surface area (Å²) in [7, 11) is 4.11. The second-order valence-corrected chi connectivity index (χ2v) is 8.70. The van der Waals surface area contributed by atoms with Crippen LogP contribution in [0.2, 0.25) is 0 Å². The van der Waals surface area contributed by atoms with Crippen LogP contribution in [-0.4, -0.2) is 54.1 Å². The van der Waals surface area contributed by atoms with E-state index in [1.165, 1.54) is 0 Å². The van der Waals surface area contributed by atoms with E-state index >= 15 is 0 Å². The summed E-state index contributed by atoms with van der Waals surface area (Å²) in [5, 5.41) is 21.8. The Hall–Kier alpha value is -0.450. The third kappa shape index (κ3) is 5.27. The average molecular weight is 356 g/mol. The number of hydrogen-bond donors (Lipinski definition) is 2. The Bertz CT molecular complexity index is 409. The second kappa shape index (κ2) is 9.48. The molecule has 25 heavy (non-hydrogen) atoms. The number of hydrogen-bond acceptors (Lipinski definition) is 3. The highest BCUT2D eigenvalue weighted by Gasteiger charge is 2.48. The fourth-order valence-electron chi connectivity index (χ4n) is 5.30. The highest BCUT2D eigenvalue weighted by molar-refractivity contribution is 5.01. The SMILES string of the molecule is C=CC1CCC(C(O)(CCCN(C)C)C2CCC(F)CC2)C(CO)C1. The number of nitrogens with zero attached hydrogens (tertiary/aromatic N) is 1. The summed E-state index contributed by atoms with van der Waals surface area (Å²) in [5.41, 5.74) is -0.768. The second-order valence-electron chi connectivity index (χ2n) is 8.70. The molecule has 4 atom stereocenters.